The summed E-state index contributed by atoms with van der Waals surface area (Å²) in [5.74, 6) is -0.810. The van der Waals surface area contributed by atoms with Crippen LogP contribution in [0.4, 0.5) is 8.78 Å². The van der Waals surface area contributed by atoms with Crippen LogP contribution in [0.15, 0.2) is 22.6 Å². The zero-order valence-corrected chi connectivity index (χ0v) is 9.55. The van der Waals surface area contributed by atoms with Crippen molar-refractivity contribution in [2.75, 3.05) is 5.88 Å². The van der Waals surface area contributed by atoms with Crippen LogP contribution in [0.3, 0.4) is 0 Å². The smallest absolute Gasteiger partial charge is 0.253 e. The van der Waals surface area contributed by atoms with E-state index >= 15 is 0 Å². The third kappa shape index (κ3) is 2.61. The molecule has 90 valence electrons. The molecule has 3 nitrogen and oxygen atoms in total. The zero-order chi connectivity index (χ0) is 12.3. The molecule has 0 aliphatic carbocycles. The number of halogens is 3. The van der Waals surface area contributed by atoms with Crippen LogP contribution in [-0.4, -0.2) is 16.1 Å². The van der Waals surface area contributed by atoms with Gasteiger partial charge in [0.1, 0.15) is 17.2 Å². The molecule has 0 aliphatic heterocycles. The third-order valence-electron chi connectivity index (χ3n) is 2.17. The molecule has 0 N–H and O–H groups in total. The molecule has 0 unspecified atom stereocenters. The third-order valence-corrected chi connectivity index (χ3v) is 2.44. The van der Waals surface area contributed by atoms with Gasteiger partial charge in [0.25, 0.3) is 5.89 Å². The van der Waals surface area contributed by atoms with Gasteiger partial charge in [-0.15, -0.1) is 21.8 Å². The predicted octanol–water partition coefficient (Wildman–Crippen LogP) is 3.19. The molecule has 0 atom stereocenters. The Labute approximate surface area is 101 Å². The van der Waals surface area contributed by atoms with E-state index in [-0.39, 0.29) is 11.5 Å². The molecule has 0 radical (unpaired) electrons. The molecule has 0 bridgehead atoms. The quantitative estimate of drug-likeness (QED) is 0.791. The van der Waals surface area contributed by atoms with Gasteiger partial charge in [-0.3, -0.25) is 0 Å². The zero-order valence-electron chi connectivity index (χ0n) is 8.79. The second-order valence-corrected chi connectivity index (χ2v) is 3.77. The van der Waals surface area contributed by atoms with Gasteiger partial charge in [0.2, 0.25) is 5.89 Å². The lowest BCUT2D eigenvalue weighted by atomic mass is 10.2. The minimum atomic E-state index is -0.724. The van der Waals surface area contributed by atoms with Crippen molar-refractivity contribution in [1.29, 1.82) is 0 Å². The van der Waals surface area contributed by atoms with Gasteiger partial charge in [0.15, 0.2) is 0 Å². The number of benzene rings is 1. The van der Waals surface area contributed by atoms with Crippen LogP contribution in [0.5, 0.6) is 0 Å². The average Bonchev–Trinajstić information content (AvgIpc) is 2.75. The summed E-state index contributed by atoms with van der Waals surface area (Å²) in [5.41, 5.74) is -0.294. The van der Waals surface area contributed by atoms with Crippen LogP contribution in [0.1, 0.15) is 12.3 Å². The molecule has 1 heterocycles. The lowest BCUT2D eigenvalue weighted by molar-refractivity contribution is 0.492. The molecular formula is C11H9ClF2N2O. The standard InChI is InChI=1S/C11H9ClF2N2O/c12-6-2-5-9-15-16-11(17-9)10-7(13)3-1-4-8(10)14/h1,3-4H,2,5-6H2. The Balaban J connectivity index is 2.30. The van der Waals surface area contributed by atoms with E-state index in [4.69, 9.17) is 16.0 Å². The van der Waals surface area contributed by atoms with Crippen molar-refractivity contribution in [3.8, 4) is 11.5 Å². The highest BCUT2D eigenvalue weighted by Gasteiger charge is 2.17. The molecule has 2 rings (SSSR count). The molecule has 0 fully saturated rings. The van der Waals surface area contributed by atoms with E-state index in [1.807, 2.05) is 0 Å². The van der Waals surface area contributed by atoms with E-state index in [0.717, 1.165) is 12.1 Å². The highest BCUT2D eigenvalue weighted by Crippen LogP contribution is 2.24. The van der Waals surface area contributed by atoms with Crippen molar-refractivity contribution in [3.63, 3.8) is 0 Å². The molecule has 0 saturated heterocycles. The molecule has 1 aromatic carbocycles. The van der Waals surface area contributed by atoms with Crippen molar-refractivity contribution in [2.24, 2.45) is 0 Å². The van der Waals surface area contributed by atoms with Gasteiger partial charge in [0.05, 0.1) is 0 Å². The van der Waals surface area contributed by atoms with Gasteiger partial charge in [-0.1, -0.05) is 6.07 Å². The predicted molar refractivity (Wildman–Crippen MR) is 58.7 cm³/mol. The highest BCUT2D eigenvalue weighted by atomic mass is 35.5. The number of hydrogen-bond acceptors (Lipinski definition) is 3. The summed E-state index contributed by atoms with van der Waals surface area (Å²) in [4.78, 5) is 0. The highest BCUT2D eigenvalue weighted by molar-refractivity contribution is 6.17. The van der Waals surface area contributed by atoms with Crippen LogP contribution in [0.25, 0.3) is 11.5 Å². The SMILES string of the molecule is Fc1cccc(F)c1-c1nnc(CCCCl)o1. The number of aromatic nitrogens is 2. The van der Waals surface area contributed by atoms with E-state index in [2.05, 4.69) is 10.2 Å². The van der Waals surface area contributed by atoms with E-state index < -0.39 is 11.6 Å². The lowest BCUT2D eigenvalue weighted by Crippen LogP contribution is -1.89. The van der Waals surface area contributed by atoms with E-state index in [1.54, 1.807) is 0 Å². The monoisotopic (exact) mass is 258 g/mol. The number of nitrogens with zero attached hydrogens (tertiary/aromatic N) is 2. The Morgan fingerprint density at radius 1 is 1.18 bits per heavy atom. The van der Waals surface area contributed by atoms with Crippen molar-refractivity contribution in [1.82, 2.24) is 10.2 Å². The largest absolute Gasteiger partial charge is 0.420 e. The van der Waals surface area contributed by atoms with E-state index in [0.29, 0.717) is 24.6 Å². The number of alkyl halides is 1. The van der Waals surface area contributed by atoms with E-state index in [9.17, 15) is 8.78 Å². The first-order chi connectivity index (χ1) is 8.22. The summed E-state index contributed by atoms with van der Waals surface area (Å²) in [5, 5.41) is 7.32. The second kappa shape index (κ2) is 5.23. The molecule has 0 spiro atoms. The van der Waals surface area contributed by atoms with Gasteiger partial charge >= 0.3 is 0 Å². The molecule has 1 aromatic heterocycles. The van der Waals surface area contributed by atoms with Crippen LogP contribution in [0, 0.1) is 11.6 Å². The fourth-order valence-electron chi connectivity index (χ4n) is 1.38. The van der Waals surface area contributed by atoms with Crippen LogP contribution in [-0.2, 0) is 6.42 Å². The topological polar surface area (TPSA) is 38.9 Å². The van der Waals surface area contributed by atoms with Gasteiger partial charge in [-0.05, 0) is 18.6 Å². The summed E-state index contributed by atoms with van der Waals surface area (Å²) in [6.45, 7) is 0. The van der Waals surface area contributed by atoms with Crippen molar-refractivity contribution < 1.29 is 13.2 Å². The van der Waals surface area contributed by atoms with Gasteiger partial charge in [-0.2, -0.15) is 0 Å². The summed E-state index contributed by atoms with van der Waals surface area (Å²) in [6, 6.07) is 3.56. The molecular weight excluding hydrogens is 250 g/mol. The first-order valence-corrected chi connectivity index (χ1v) is 5.58. The average molecular weight is 259 g/mol. The second-order valence-electron chi connectivity index (χ2n) is 3.39. The molecule has 0 aliphatic rings. The van der Waals surface area contributed by atoms with Gasteiger partial charge in [0, 0.05) is 12.3 Å². The van der Waals surface area contributed by atoms with E-state index in [1.165, 1.54) is 6.07 Å². The normalized spacial score (nSPS) is 10.8. The van der Waals surface area contributed by atoms with Crippen LogP contribution >= 0.6 is 11.6 Å². The number of hydrogen-bond donors (Lipinski definition) is 0. The molecule has 17 heavy (non-hydrogen) atoms. The fraction of sp³-hybridized carbons (Fsp3) is 0.273. The summed E-state index contributed by atoms with van der Waals surface area (Å²) < 4.78 is 32.0. The Hall–Kier alpha value is -1.49. The lowest BCUT2D eigenvalue weighted by Gasteiger charge is -1.98. The minimum absolute atomic E-state index is 0.148. The summed E-state index contributed by atoms with van der Waals surface area (Å²) in [6.07, 6.45) is 1.16. The molecule has 0 amide bonds. The first kappa shape index (κ1) is 12.0. The summed E-state index contributed by atoms with van der Waals surface area (Å²) >= 11 is 5.52. The van der Waals surface area contributed by atoms with Crippen molar-refractivity contribution in [3.05, 3.63) is 35.7 Å². The Bertz CT molecular complexity index is 496. The molecule has 0 saturated carbocycles. The minimum Gasteiger partial charge on any atom is -0.420 e. The van der Waals surface area contributed by atoms with Gasteiger partial charge in [-0.25, -0.2) is 8.78 Å². The Morgan fingerprint density at radius 3 is 2.53 bits per heavy atom. The van der Waals surface area contributed by atoms with Crippen molar-refractivity contribution in [2.45, 2.75) is 12.8 Å². The number of aryl methyl sites for hydroxylation is 1. The molecule has 2 aromatic rings. The number of rotatable bonds is 4. The van der Waals surface area contributed by atoms with Crippen LogP contribution < -0.4 is 0 Å². The van der Waals surface area contributed by atoms with Crippen molar-refractivity contribution >= 4 is 11.6 Å². The van der Waals surface area contributed by atoms with Crippen LogP contribution in [0.2, 0.25) is 0 Å². The Morgan fingerprint density at radius 2 is 1.88 bits per heavy atom. The first-order valence-electron chi connectivity index (χ1n) is 5.05. The maximum Gasteiger partial charge on any atom is 0.253 e. The maximum atomic E-state index is 13.4. The maximum absolute atomic E-state index is 13.4. The summed E-state index contributed by atoms with van der Waals surface area (Å²) in [7, 11) is 0. The Kier molecular flexibility index (Phi) is 3.68. The van der Waals surface area contributed by atoms with Gasteiger partial charge < -0.3 is 4.42 Å². The fourth-order valence-corrected chi connectivity index (χ4v) is 1.51. The molecule has 6 heteroatoms.